The summed E-state index contributed by atoms with van der Waals surface area (Å²) in [6.07, 6.45) is 4.29. The van der Waals surface area contributed by atoms with Gasteiger partial charge in [0, 0.05) is 17.2 Å². The number of phenols is 1. The highest BCUT2D eigenvalue weighted by Crippen LogP contribution is 2.33. The third-order valence-electron chi connectivity index (χ3n) is 6.84. The largest absolute Gasteiger partial charge is 0.507 e. The van der Waals surface area contributed by atoms with E-state index in [9.17, 15) is 24.9 Å². The average molecular weight is 518 g/mol. The van der Waals surface area contributed by atoms with E-state index in [1.807, 2.05) is 0 Å². The quantitative estimate of drug-likeness (QED) is 0.244. The number of carboxylic acid groups (broad SMARTS) is 1. The van der Waals surface area contributed by atoms with Crippen molar-refractivity contribution < 1.29 is 38.9 Å². The zero-order valence-corrected chi connectivity index (χ0v) is 20.7. The van der Waals surface area contributed by atoms with Crippen molar-refractivity contribution in [2.45, 2.75) is 51.2 Å². The van der Waals surface area contributed by atoms with Crippen LogP contribution < -0.4 is 9.47 Å². The van der Waals surface area contributed by atoms with E-state index in [4.69, 9.17) is 14.0 Å². The minimum Gasteiger partial charge on any atom is -0.507 e. The summed E-state index contributed by atoms with van der Waals surface area (Å²) in [4.78, 5) is 25.1. The number of carboxylic acids is 1. The van der Waals surface area contributed by atoms with Crippen LogP contribution in [0.25, 0.3) is 11.0 Å². The number of phenolic OH excluding ortho intramolecular Hbond substituents is 1. The molecular weight excluding hydrogens is 490 g/mol. The van der Waals surface area contributed by atoms with Crippen molar-refractivity contribution in [1.82, 2.24) is 5.16 Å². The molecule has 4 aromatic rings. The van der Waals surface area contributed by atoms with Crippen LogP contribution in [0.1, 0.15) is 65.6 Å². The highest BCUT2D eigenvalue weighted by atomic mass is 16.5. The van der Waals surface area contributed by atoms with Gasteiger partial charge in [0.2, 0.25) is 0 Å². The lowest BCUT2D eigenvalue weighted by molar-refractivity contribution is -0.138. The highest BCUT2D eigenvalue weighted by Gasteiger charge is 2.23. The Bertz CT molecular complexity index is 1500. The minimum absolute atomic E-state index is 0.0906. The fourth-order valence-corrected chi connectivity index (χ4v) is 4.64. The Kier molecular flexibility index (Phi) is 6.91. The van der Waals surface area contributed by atoms with Crippen molar-refractivity contribution in [1.29, 1.82) is 0 Å². The Labute approximate surface area is 218 Å². The molecule has 3 aromatic carbocycles. The topological polar surface area (TPSA) is 139 Å². The molecule has 0 aliphatic heterocycles. The number of benzene rings is 3. The molecule has 38 heavy (non-hydrogen) atoms. The molecule has 5 rings (SSSR count). The minimum atomic E-state index is -1.07. The van der Waals surface area contributed by atoms with Crippen LogP contribution in [0.15, 0.2) is 59.1 Å². The van der Waals surface area contributed by atoms with Gasteiger partial charge in [-0.15, -0.1) is 0 Å². The molecule has 9 nitrogen and oxygen atoms in total. The van der Waals surface area contributed by atoms with Gasteiger partial charge in [0.25, 0.3) is 5.88 Å². The van der Waals surface area contributed by atoms with Crippen LogP contribution in [0.5, 0.6) is 23.1 Å². The monoisotopic (exact) mass is 517 g/mol. The van der Waals surface area contributed by atoms with Crippen LogP contribution in [-0.2, 0) is 11.4 Å². The summed E-state index contributed by atoms with van der Waals surface area (Å²) in [5.41, 5.74) is 1.74. The summed E-state index contributed by atoms with van der Waals surface area (Å²) < 4.78 is 16.9. The Balaban J connectivity index is 1.37. The van der Waals surface area contributed by atoms with Gasteiger partial charge in [-0.2, -0.15) is 0 Å². The predicted octanol–water partition coefficient (Wildman–Crippen LogP) is 5.56. The molecule has 196 valence electrons. The van der Waals surface area contributed by atoms with Gasteiger partial charge in [-0.1, -0.05) is 6.07 Å². The predicted molar refractivity (Wildman–Crippen MR) is 137 cm³/mol. The number of carbonyl (C=O) groups excluding carboxylic acids is 1. The Morgan fingerprint density at radius 1 is 1.05 bits per heavy atom. The maximum absolute atomic E-state index is 13.3. The molecule has 1 aromatic heterocycles. The van der Waals surface area contributed by atoms with Gasteiger partial charge in [0.1, 0.15) is 23.9 Å². The lowest BCUT2D eigenvalue weighted by atomic mass is 9.94. The molecule has 1 aliphatic rings. The van der Waals surface area contributed by atoms with Gasteiger partial charge in [0.05, 0.1) is 23.0 Å². The third-order valence-corrected chi connectivity index (χ3v) is 6.84. The van der Waals surface area contributed by atoms with Gasteiger partial charge in [-0.3, -0.25) is 9.59 Å². The van der Waals surface area contributed by atoms with Crippen molar-refractivity contribution >= 4 is 22.7 Å². The highest BCUT2D eigenvalue weighted by molar-refractivity contribution is 6.11. The van der Waals surface area contributed by atoms with E-state index in [1.165, 1.54) is 31.2 Å². The van der Waals surface area contributed by atoms with Crippen LogP contribution in [0, 0.1) is 0 Å². The Morgan fingerprint density at radius 3 is 2.58 bits per heavy atom. The fourth-order valence-electron chi connectivity index (χ4n) is 4.64. The van der Waals surface area contributed by atoms with E-state index in [2.05, 4.69) is 5.16 Å². The number of hydrogen-bond acceptors (Lipinski definition) is 8. The van der Waals surface area contributed by atoms with Crippen molar-refractivity contribution in [3.8, 4) is 23.1 Å². The van der Waals surface area contributed by atoms with Crippen molar-refractivity contribution in [2.24, 2.45) is 0 Å². The number of aliphatic carboxylic acids is 1. The molecule has 3 N–H and O–H groups in total. The van der Waals surface area contributed by atoms with Gasteiger partial charge < -0.3 is 29.3 Å². The summed E-state index contributed by atoms with van der Waals surface area (Å²) in [7, 11) is 0. The summed E-state index contributed by atoms with van der Waals surface area (Å²) in [5.74, 6) is -2.07. The number of ketones is 1. The first-order chi connectivity index (χ1) is 18.3. The molecule has 0 amide bonds. The number of aromatic nitrogens is 1. The van der Waals surface area contributed by atoms with Crippen LogP contribution >= 0.6 is 0 Å². The van der Waals surface area contributed by atoms with Crippen molar-refractivity contribution in [3.63, 3.8) is 0 Å². The number of ether oxygens (including phenoxy) is 2. The molecule has 1 unspecified atom stereocenters. The van der Waals surface area contributed by atoms with Crippen molar-refractivity contribution in [3.05, 3.63) is 76.9 Å². The second-order valence-electron chi connectivity index (χ2n) is 9.47. The second kappa shape index (κ2) is 10.5. The van der Waals surface area contributed by atoms with E-state index in [0.29, 0.717) is 33.6 Å². The van der Waals surface area contributed by atoms with Gasteiger partial charge in [0.15, 0.2) is 11.4 Å². The maximum Gasteiger partial charge on any atom is 0.310 e. The number of carbonyl (C=O) groups is 2. The molecule has 1 aliphatic carbocycles. The molecule has 9 heteroatoms. The summed E-state index contributed by atoms with van der Waals surface area (Å²) >= 11 is 0. The molecule has 0 bridgehead atoms. The first-order valence-electron chi connectivity index (χ1n) is 12.4. The van der Waals surface area contributed by atoms with E-state index in [1.54, 1.807) is 30.3 Å². The van der Waals surface area contributed by atoms with E-state index in [0.717, 1.165) is 25.7 Å². The lowest BCUT2D eigenvalue weighted by Crippen LogP contribution is -2.12. The van der Waals surface area contributed by atoms with Crippen LogP contribution in [-0.4, -0.2) is 38.3 Å². The van der Waals surface area contributed by atoms with Gasteiger partial charge in [-0.05, 0) is 85.8 Å². The third kappa shape index (κ3) is 5.13. The van der Waals surface area contributed by atoms with Gasteiger partial charge in [-0.25, -0.2) is 0 Å². The zero-order valence-electron chi connectivity index (χ0n) is 20.7. The van der Waals surface area contributed by atoms with E-state index >= 15 is 0 Å². The Hall–Kier alpha value is -4.53. The van der Waals surface area contributed by atoms with Crippen LogP contribution in [0.4, 0.5) is 0 Å². The SMILES string of the molecule is CC(C(=O)O)c1cc(C(=O)c2ccc(OC3CCCC3)cc2O)ccc1OCc1ccc2c(O)noc2c1. The molecule has 0 saturated heterocycles. The zero-order chi connectivity index (χ0) is 26.8. The number of fused-ring (bicyclic) bond motifs is 1. The number of aromatic hydroxyl groups is 2. The van der Waals surface area contributed by atoms with E-state index < -0.39 is 17.7 Å². The molecule has 1 heterocycles. The molecule has 1 saturated carbocycles. The lowest BCUT2D eigenvalue weighted by Gasteiger charge is -2.16. The van der Waals surface area contributed by atoms with Crippen molar-refractivity contribution in [2.75, 3.05) is 0 Å². The molecule has 1 fully saturated rings. The summed E-state index contributed by atoms with van der Waals surface area (Å²) in [6, 6.07) is 14.2. The maximum atomic E-state index is 13.3. The first kappa shape index (κ1) is 25.1. The standard InChI is InChI=1S/C29H27NO8/c1-16(29(34)35)23-13-18(27(32)21-10-8-20(14-24(21)31)37-19-4-2-3-5-19)7-11-25(23)36-15-17-6-9-22-26(12-17)38-30-28(22)33/h6-14,16,19,31H,2-5,15H2,1H3,(H,30,33)(H,34,35). The fraction of sp³-hybridized carbons (Fsp3) is 0.276. The number of hydrogen-bond donors (Lipinski definition) is 3. The first-order valence-corrected chi connectivity index (χ1v) is 12.4. The van der Waals surface area contributed by atoms with Crippen LogP contribution in [0.2, 0.25) is 0 Å². The average Bonchev–Trinajstić information content (AvgIpc) is 3.56. The van der Waals surface area contributed by atoms with E-state index in [-0.39, 0.29) is 35.5 Å². The summed E-state index contributed by atoms with van der Waals surface area (Å²) in [6.45, 7) is 1.60. The summed E-state index contributed by atoms with van der Waals surface area (Å²) in [5, 5.41) is 33.9. The normalized spacial score (nSPS) is 14.4. The molecule has 0 radical (unpaired) electrons. The smallest absolute Gasteiger partial charge is 0.310 e. The Morgan fingerprint density at radius 2 is 1.84 bits per heavy atom. The molecule has 1 atom stereocenters. The number of rotatable bonds is 9. The van der Waals surface area contributed by atoms with Gasteiger partial charge >= 0.3 is 5.97 Å². The number of nitrogens with zero attached hydrogens (tertiary/aromatic N) is 1. The second-order valence-corrected chi connectivity index (χ2v) is 9.47. The molecule has 0 spiro atoms. The molecular formula is C29H27NO8. The van der Waals surface area contributed by atoms with Crippen LogP contribution in [0.3, 0.4) is 0 Å².